The van der Waals surface area contributed by atoms with Crippen molar-refractivity contribution < 1.29 is 22.7 Å². The minimum Gasteiger partial charge on any atom is -0.465 e. The third kappa shape index (κ3) is 5.29. The Bertz CT molecular complexity index is 1430. The standard InChI is InChI=1S/C27H24Br2ClNO5S/c1-3-36-27(33)26-23(19-9-5-7-11-21(19)29)31(2)22(18-8-4-6-10-20(18)28)25(37(26,34)35)24(32)16-12-14-17(30)15-13-16/h4-15,22-23,25-26H,3H2,1-2H3/t22-,23+,25+,26-/m1/s1. The number of carbonyl (C=O) groups excluding carboxylic acids is 2. The molecule has 0 unspecified atom stereocenters. The van der Waals surface area contributed by atoms with E-state index in [0.29, 0.717) is 25.1 Å². The zero-order valence-electron chi connectivity index (χ0n) is 20.0. The van der Waals surface area contributed by atoms with Crippen molar-refractivity contribution in [3.63, 3.8) is 0 Å². The Kier molecular flexibility index (Phi) is 8.60. The van der Waals surface area contributed by atoms with E-state index in [-0.39, 0.29) is 12.2 Å². The van der Waals surface area contributed by atoms with Gasteiger partial charge in [0, 0.05) is 19.5 Å². The van der Waals surface area contributed by atoms with Gasteiger partial charge < -0.3 is 4.74 Å². The molecule has 10 heteroatoms. The maximum absolute atomic E-state index is 14.4. The molecule has 0 aromatic heterocycles. The predicted octanol–water partition coefficient (Wildman–Crippen LogP) is 6.19. The van der Waals surface area contributed by atoms with Crippen LogP contribution in [-0.4, -0.2) is 49.2 Å². The van der Waals surface area contributed by atoms with Crippen LogP contribution in [-0.2, 0) is 19.4 Å². The van der Waals surface area contributed by atoms with Gasteiger partial charge in [0.2, 0.25) is 0 Å². The first-order valence-corrected chi connectivity index (χ1v) is 15.1. The highest BCUT2D eigenvalue weighted by Crippen LogP contribution is 2.48. The fourth-order valence-electron chi connectivity index (χ4n) is 4.87. The number of Topliss-reactive ketones (excluding diaryl/α,β-unsaturated/α-hetero) is 1. The fourth-order valence-corrected chi connectivity index (χ4v) is 8.52. The second kappa shape index (κ2) is 11.4. The summed E-state index contributed by atoms with van der Waals surface area (Å²) in [7, 11) is -2.71. The van der Waals surface area contributed by atoms with E-state index in [9.17, 15) is 18.0 Å². The third-order valence-corrected chi connectivity index (χ3v) is 10.5. The average Bonchev–Trinajstić information content (AvgIpc) is 2.86. The number of hydrogen-bond donors (Lipinski definition) is 0. The van der Waals surface area contributed by atoms with Crippen LogP contribution in [0.4, 0.5) is 0 Å². The van der Waals surface area contributed by atoms with E-state index in [1.807, 2.05) is 12.1 Å². The van der Waals surface area contributed by atoms with Gasteiger partial charge in [-0.25, -0.2) is 8.42 Å². The Balaban J connectivity index is 2.00. The number of sulfone groups is 1. The highest BCUT2D eigenvalue weighted by atomic mass is 79.9. The van der Waals surface area contributed by atoms with Crippen LogP contribution in [0.5, 0.6) is 0 Å². The molecule has 0 spiro atoms. The molecule has 0 aliphatic carbocycles. The molecule has 194 valence electrons. The van der Waals surface area contributed by atoms with Crippen molar-refractivity contribution >= 4 is 65.1 Å². The molecule has 3 aromatic carbocycles. The van der Waals surface area contributed by atoms with Gasteiger partial charge in [-0.05, 0) is 61.5 Å². The first-order valence-electron chi connectivity index (χ1n) is 11.5. The molecule has 0 bridgehead atoms. The molecule has 4 rings (SSSR count). The van der Waals surface area contributed by atoms with Crippen LogP contribution < -0.4 is 0 Å². The average molecular weight is 670 g/mol. The van der Waals surface area contributed by atoms with Crippen LogP contribution in [0.1, 0.15) is 40.5 Å². The maximum Gasteiger partial charge on any atom is 0.326 e. The van der Waals surface area contributed by atoms with Gasteiger partial charge in [-0.2, -0.15) is 0 Å². The number of hydrogen-bond acceptors (Lipinski definition) is 6. The summed E-state index contributed by atoms with van der Waals surface area (Å²) in [6, 6.07) is 18.6. The van der Waals surface area contributed by atoms with Gasteiger partial charge in [0.1, 0.15) is 5.25 Å². The fraction of sp³-hybridized carbons (Fsp3) is 0.259. The lowest BCUT2D eigenvalue weighted by atomic mass is 9.91. The quantitative estimate of drug-likeness (QED) is 0.230. The van der Waals surface area contributed by atoms with Crippen molar-refractivity contribution in [2.45, 2.75) is 29.5 Å². The maximum atomic E-state index is 14.4. The van der Waals surface area contributed by atoms with Crippen molar-refractivity contribution in [2.75, 3.05) is 13.7 Å². The molecular weight excluding hydrogens is 646 g/mol. The van der Waals surface area contributed by atoms with E-state index in [4.69, 9.17) is 16.3 Å². The second-order valence-corrected chi connectivity index (χ2v) is 13.0. The number of carbonyl (C=O) groups is 2. The van der Waals surface area contributed by atoms with Gasteiger partial charge in [-0.1, -0.05) is 79.9 Å². The van der Waals surface area contributed by atoms with Crippen LogP contribution in [0.25, 0.3) is 0 Å². The molecule has 1 aliphatic heterocycles. The third-order valence-electron chi connectivity index (χ3n) is 6.51. The molecule has 0 N–H and O–H groups in total. The molecule has 1 aliphatic rings. The molecular formula is C27H24Br2ClNO5S. The van der Waals surface area contributed by atoms with Crippen molar-refractivity contribution in [3.8, 4) is 0 Å². The molecule has 0 saturated carbocycles. The van der Waals surface area contributed by atoms with Gasteiger partial charge in [-0.15, -0.1) is 0 Å². The molecule has 6 nitrogen and oxygen atoms in total. The molecule has 1 fully saturated rings. The number of ether oxygens (including phenoxy) is 1. The topological polar surface area (TPSA) is 80.8 Å². The van der Waals surface area contributed by atoms with Gasteiger partial charge in [0.25, 0.3) is 0 Å². The van der Waals surface area contributed by atoms with Crippen LogP contribution in [0.15, 0.2) is 81.7 Å². The van der Waals surface area contributed by atoms with Crippen LogP contribution in [0, 0.1) is 0 Å². The summed E-state index contributed by atoms with van der Waals surface area (Å²) < 4.78 is 35.4. The summed E-state index contributed by atoms with van der Waals surface area (Å²) >= 11 is 13.1. The van der Waals surface area contributed by atoms with Crippen LogP contribution in [0.2, 0.25) is 5.02 Å². The lowest BCUT2D eigenvalue weighted by Crippen LogP contribution is -2.59. The molecule has 0 radical (unpaired) electrons. The Morgan fingerprint density at radius 1 is 0.865 bits per heavy atom. The van der Waals surface area contributed by atoms with E-state index in [0.717, 1.165) is 0 Å². The van der Waals surface area contributed by atoms with Crippen molar-refractivity contribution in [3.05, 3.63) is 103 Å². The summed E-state index contributed by atoms with van der Waals surface area (Å²) in [5, 5.41) is -2.79. The van der Waals surface area contributed by atoms with E-state index < -0.39 is 44.2 Å². The second-order valence-electron chi connectivity index (χ2n) is 8.65. The molecule has 1 heterocycles. The summed E-state index contributed by atoms with van der Waals surface area (Å²) in [5.41, 5.74) is 1.40. The minimum absolute atomic E-state index is 0.000701. The molecule has 1 saturated heterocycles. The predicted molar refractivity (Wildman–Crippen MR) is 150 cm³/mol. The van der Waals surface area contributed by atoms with E-state index in [2.05, 4.69) is 31.9 Å². The zero-order valence-corrected chi connectivity index (χ0v) is 24.7. The highest BCUT2D eigenvalue weighted by molar-refractivity contribution is 9.10. The number of halogens is 3. The SMILES string of the molecule is CCOC(=O)[C@H]1[C@H](c2ccccc2Br)N(C)[C@H](c2ccccc2Br)[C@@H](C(=O)c2ccc(Cl)cc2)S1(=O)=O. The Morgan fingerprint density at radius 2 is 1.35 bits per heavy atom. The van der Waals surface area contributed by atoms with Crippen molar-refractivity contribution in [1.82, 2.24) is 4.90 Å². The highest BCUT2D eigenvalue weighted by Gasteiger charge is 2.59. The van der Waals surface area contributed by atoms with Gasteiger partial charge in [0.15, 0.2) is 20.9 Å². The minimum atomic E-state index is -4.44. The number of benzene rings is 3. The van der Waals surface area contributed by atoms with Crippen LogP contribution >= 0.6 is 43.5 Å². The zero-order chi connectivity index (χ0) is 26.9. The van der Waals surface area contributed by atoms with E-state index >= 15 is 0 Å². The smallest absolute Gasteiger partial charge is 0.326 e. The lowest BCUT2D eigenvalue weighted by Gasteiger charge is -2.47. The summed E-state index contributed by atoms with van der Waals surface area (Å²) in [5.74, 6) is -1.52. The van der Waals surface area contributed by atoms with Crippen molar-refractivity contribution in [1.29, 1.82) is 0 Å². The van der Waals surface area contributed by atoms with E-state index in [1.54, 1.807) is 55.3 Å². The largest absolute Gasteiger partial charge is 0.465 e. The van der Waals surface area contributed by atoms with Crippen molar-refractivity contribution in [2.24, 2.45) is 0 Å². The molecule has 3 aromatic rings. The lowest BCUT2D eigenvalue weighted by molar-refractivity contribution is -0.144. The molecule has 37 heavy (non-hydrogen) atoms. The summed E-state index contributed by atoms with van der Waals surface area (Å²) in [6.45, 7) is 1.62. The van der Waals surface area contributed by atoms with E-state index in [1.165, 1.54) is 24.3 Å². The first kappa shape index (κ1) is 28.0. The van der Waals surface area contributed by atoms with Gasteiger partial charge in [0.05, 0.1) is 18.7 Å². The Morgan fingerprint density at radius 3 is 1.84 bits per heavy atom. The van der Waals surface area contributed by atoms with Gasteiger partial charge >= 0.3 is 5.97 Å². The summed E-state index contributed by atoms with van der Waals surface area (Å²) in [4.78, 5) is 29.1. The Labute approximate surface area is 238 Å². The number of rotatable bonds is 6. The molecule has 4 atom stereocenters. The van der Waals surface area contributed by atoms with Crippen LogP contribution in [0.3, 0.4) is 0 Å². The summed E-state index contributed by atoms with van der Waals surface area (Å²) in [6.07, 6.45) is 0. The first-order chi connectivity index (χ1) is 17.6. The Hall–Kier alpha value is -2.04. The number of nitrogens with zero attached hydrogens (tertiary/aromatic N) is 1. The monoisotopic (exact) mass is 667 g/mol. The molecule has 0 amide bonds. The normalized spacial score (nSPS) is 23.4. The number of esters is 1. The number of ketones is 1. The van der Waals surface area contributed by atoms with Gasteiger partial charge in [-0.3, -0.25) is 14.5 Å².